The molecule has 0 bridgehead atoms. The zero-order valence-electron chi connectivity index (χ0n) is 8.22. The van der Waals surface area contributed by atoms with Gasteiger partial charge in [-0.05, 0) is 18.4 Å². The molecule has 0 saturated heterocycles. The fourth-order valence-corrected chi connectivity index (χ4v) is 0.907. The Kier molecular flexibility index (Phi) is 2.41. The summed E-state index contributed by atoms with van der Waals surface area (Å²) in [5, 5.41) is 0. The molecule has 0 amide bonds. The van der Waals surface area contributed by atoms with Crippen LogP contribution in [0.25, 0.3) is 6.08 Å². The first-order chi connectivity index (χ1) is 5.49. The van der Waals surface area contributed by atoms with Gasteiger partial charge in [-0.2, -0.15) is 0 Å². The lowest BCUT2D eigenvalue weighted by Gasteiger charge is -2.10. The van der Waals surface area contributed by atoms with Gasteiger partial charge in [-0.3, -0.25) is 0 Å². The van der Waals surface area contributed by atoms with Gasteiger partial charge in [-0.15, -0.1) is 0 Å². The first-order valence-electron chi connectivity index (χ1n) is 4.22. The van der Waals surface area contributed by atoms with Crippen molar-refractivity contribution >= 4 is 6.08 Å². The van der Waals surface area contributed by atoms with Crippen molar-refractivity contribution in [1.29, 1.82) is 0 Å². The maximum Gasteiger partial charge on any atom is 0.107 e. The summed E-state index contributed by atoms with van der Waals surface area (Å²) < 4.78 is 5.18. The third kappa shape index (κ3) is 2.57. The molecule has 1 nitrogen and oxygen atoms in total. The summed E-state index contributed by atoms with van der Waals surface area (Å²) in [5.74, 6) is 0.982. The highest BCUT2D eigenvalue weighted by molar-refractivity contribution is 5.51. The van der Waals surface area contributed by atoms with Gasteiger partial charge >= 0.3 is 0 Å². The Balaban J connectivity index is 2.77. The van der Waals surface area contributed by atoms with E-state index in [0.29, 0.717) is 0 Å². The summed E-state index contributed by atoms with van der Waals surface area (Å²) in [6.07, 6.45) is 6.02. The molecule has 1 aromatic rings. The van der Waals surface area contributed by atoms with Crippen molar-refractivity contribution in [1.82, 2.24) is 0 Å². The van der Waals surface area contributed by atoms with Gasteiger partial charge < -0.3 is 4.42 Å². The van der Waals surface area contributed by atoms with Crippen molar-refractivity contribution < 1.29 is 4.42 Å². The molecule has 0 aliphatic heterocycles. The quantitative estimate of drug-likeness (QED) is 0.617. The van der Waals surface area contributed by atoms with Gasteiger partial charge in [-0.25, -0.2) is 0 Å². The van der Waals surface area contributed by atoms with Gasteiger partial charge in [0.15, 0.2) is 0 Å². The SMILES string of the molecule is Cc1occc1/C=C/C(C)(C)C. The topological polar surface area (TPSA) is 13.1 Å². The van der Waals surface area contributed by atoms with E-state index in [1.807, 2.05) is 13.0 Å². The highest BCUT2D eigenvalue weighted by Gasteiger charge is 2.04. The first kappa shape index (κ1) is 9.11. The molecule has 1 aromatic heterocycles. The smallest absolute Gasteiger partial charge is 0.107 e. The van der Waals surface area contributed by atoms with Crippen LogP contribution in [0.5, 0.6) is 0 Å². The second-order valence-electron chi connectivity index (χ2n) is 4.13. The Hall–Kier alpha value is -0.980. The monoisotopic (exact) mass is 164 g/mol. The largest absolute Gasteiger partial charge is 0.469 e. The molecule has 1 heteroatoms. The van der Waals surface area contributed by atoms with Gasteiger partial charge in [0, 0.05) is 5.56 Å². The number of allylic oxidation sites excluding steroid dienone is 1. The average Bonchev–Trinajstić information content (AvgIpc) is 2.29. The van der Waals surface area contributed by atoms with Gasteiger partial charge in [0.1, 0.15) is 5.76 Å². The lowest BCUT2D eigenvalue weighted by atomic mass is 9.95. The molecule has 0 N–H and O–H groups in total. The van der Waals surface area contributed by atoms with Crippen LogP contribution in [0.3, 0.4) is 0 Å². The summed E-state index contributed by atoms with van der Waals surface area (Å²) >= 11 is 0. The minimum atomic E-state index is 0.240. The Labute approximate surface area is 74.1 Å². The van der Waals surface area contributed by atoms with E-state index in [9.17, 15) is 0 Å². The fraction of sp³-hybridized carbons (Fsp3) is 0.455. The standard InChI is InChI=1S/C11H16O/c1-9-10(6-8-12-9)5-7-11(2,3)4/h5-8H,1-4H3/b7-5+. The maximum absolute atomic E-state index is 5.18. The normalized spacial score (nSPS) is 12.7. The van der Waals surface area contributed by atoms with Gasteiger partial charge in [0.25, 0.3) is 0 Å². The molecule has 1 heterocycles. The molecule has 0 aromatic carbocycles. The molecule has 0 unspecified atom stereocenters. The van der Waals surface area contributed by atoms with E-state index in [0.717, 1.165) is 5.76 Å². The summed E-state index contributed by atoms with van der Waals surface area (Å²) in [7, 11) is 0. The molecule has 12 heavy (non-hydrogen) atoms. The van der Waals surface area contributed by atoms with Crippen LogP contribution < -0.4 is 0 Å². The predicted octanol–water partition coefficient (Wildman–Crippen LogP) is 3.65. The summed E-state index contributed by atoms with van der Waals surface area (Å²) in [5.41, 5.74) is 1.41. The van der Waals surface area contributed by atoms with E-state index >= 15 is 0 Å². The second kappa shape index (κ2) is 3.18. The number of aryl methyl sites for hydroxylation is 1. The van der Waals surface area contributed by atoms with Crippen molar-refractivity contribution in [3.63, 3.8) is 0 Å². The zero-order valence-corrected chi connectivity index (χ0v) is 8.22. The zero-order chi connectivity index (χ0) is 9.19. The van der Waals surface area contributed by atoms with Crippen LogP contribution >= 0.6 is 0 Å². The predicted molar refractivity (Wildman–Crippen MR) is 51.9 cm³/mol. The second-order valence-corrected chi connectivity index (χ2v) is 4.13. The summed E-state index contributed by atoms with van der Waals surface area (Å²) in [6, 6.07) is 1.98. The number of rotatable bonds is 1. The molecule has 66 valence electrons. The average molecular weight is 164 g/mol. The van der Waals surface area contributed by atoms with Gasteiger partial charge in [0.2, 0.25) is 0 Å². The van der Waals surface area contributed by atoms with Crippen LogP contribution in [-0.4, -0.2) is 0 Å². The molecular formula is C11H16O. The van der Waals surface area contributed by atoms with Gasteiger partial charge in [-0.1, -0.05) is 32.9 Å². The van der Waals surface area contributed by atoms with Crippen molar-refractivity contribution in [2.24, 2.45) is 5.41 Å². The van der Waals surface area contributed by atoms with Crippen LogP contribution in [0, 0.1) is 12.3 Å². The Morgan fingerprint density at radius 1 is 1.33 bits per heavy atom. The molecule has 1 rings (SSSR count). The summed E-state index contributed by atoms with van der Waals surface area (Å²) in [6.45, 7) is 8.51. The molecular weight excluding hydrogens is 148 g/mol. The number of hydrogen-bond acceptors (Lipinski definition) is 1. The Morgan fingerprint density at radius 3 is 2.42 bits per heavy atom. The van der Waals surface area contributed by atoms with Crippen LogP contribution in [0.2, 0.25) is 0 Å². The number of furan rings is 1. The fourth-order valence-electron chi connectivity index (χ4n) is 0.907. The third-order valence-electron chi connectivity index (χ3n) is 1.66. The van der Waals surface area contributed by atoms with Crippen LogP contribution in [0.15, 0.2) is 22.8 Å². The van der Waals surface area contributed by atoms with Crippen molar-refractivity contribution in [3.05, 3.63) is 29.7 Å². The van der Waals surface area contributed by atoms with Crippen molar-refractivity contribution in [3.8, 4) is 0 Å². The lowest BCUT2D eigenvalue weighted by Crippen LogP contribution is -1.97. The molecule has 0 radical (unpaired) electrons. The molecule has 0 spiro atoms. The first-order valence-corrected chi connectivity index (χ1v) is 4.22. The molecule has 0 atom stereocenters. The highest BCUT2D eigenvalue weighted by atomic mass is 16.3. The molecule has 0 aliphatic carbocycles. The van der Waals surface area contributed by atoms with Crippen molar-refractivity contribution in [2.45, 2.75) is 27.7 Å². The molecule has 0 aliphatic rings. The van der Waals surface area contributed by atoms with E-state index in [1.165, 1.54) is 5.56 Å². The maximum atomic E-state index is 5.18. The minimum Gasteiger partial charge on any atom is -0.469 e. The van der Waals surface area contributed by atoms with Gasteiger partial charge in [0.05, 0.1) is 6.26 Å². The van der Waals surface area contributed by atoms with Crippen LogP contribution in [0.1, 0.15) is 32.1 Å². The van der Waals surface area contributed by atoms with E-state index in [1.54, 1.807) is 6.26 Å². The van der Waals surface area contributed by atoms with E-state index < -0.39 is 0 Å². The minimum absolute atomic E-state index is 0.240. The van der Waals surface area contributed by atoms with Crippen LogP contribution in [-0.2, 0) is 0 Å². The van der Waals surface area contributed by atoms with E-state index in [-0.39, 0.29) is 5.41 Å². The van der Waals surface area contributed by atoms with E-state index in [4.69, 9.17) is 4.42 Å². The highest BCUT2D eigenvalue weighted by Crippen LogP contribution is 2.18. The molecule has 0 saturated carbocycles. The number of hydrogen-bond donors (Lipinski definition) is 0. The van der Waals surface area contributed by atoms with E-state index in [2.05, 4.69) is 32.9 Å². The Morgan fingerprint density at radius 2 is 2.00 bits per heavy atom. The van der Waals surface area contributed by atoms with Crippen LogP contribution in [0.4, 0.5) is 0 Å². The molecule has 0 fully saturated rings. The summed E-state index contributed by atoms with van der Waals surface area (Å²) in [4.78, 5) is 0. The third-order valence-corrected chi connectivity index (χ3v) is 1.66. The van der Waals surface area contributed by atoms with Crippen molar-refractivity contribution in [2.75, 3.05) is 0 Å². The lowest BCUT2D eigenvalue weighted by molar-refractivity contribution is 0.532. The Bertz CT molecular complexity index is 273.